The Labute approximate surface area is 212 Å². The minimum atomic E-state index is -5.08. The molecule has 2 aromatic rings. The topological polar surface area (TPSA) is 123 Å². The van der Waals surface area contributed by atoms with E-state index in [0.29, 0.717) is 12.7 Å². The van der Waals surface area contributed by atoms with Crippen molar-refractivity contribution in [2.45, 2.75) is 38.9 Å². The molecule has 10 nitrogen and oxygen atoms in total. The zero-order valence-electron chi connectivity index (χ0n) is 20.0. The zero-order chi connectivity index (χ0) is 28.5. The first-order chi connectivity index (χ1) is 17.7. The number of hydrogen-bond donors (Lipinski definition) is 2. The highest BCUT2D eigenvalue weighted by atomic mass is 19.4. The first-order valence-corrected chi connectivity index (χ1v) is 11.0. The molecule has 1 atom stereocenters. The molecule has 4 rings (SSSR count). The van der Waals surface area contributed by atoms with Crippen LogP contribution >= 0.6 is 0 Å². The molecule has 0 bridgehead atoms. The first-order valence-electron chi connectivity index (χ1n) is 11.0. The summed E-state index contributed by atoms with van der Waals surface area (Å²) in [6.07, 6.45) is -8.28. The Hall–Kier alpha value is -3.53. The van der Waals surface area contributed by atoms with Gasteiger partial charge in [-0.05, 0) is 30.7 Å². The first kappa shape index (κ1) is 30.7. The van der Waals surface area contributed by atoms with Gasteiger partial charge in [0.1, 0.15) is 0 Å². The predicted octanol–water partition coefficient (Wildman–Crippen LogP) is 3.55. The fourth-order valence-corrected chi connectivity index (χ4v) is 3.43. The molecule has 3 heterocycles. The number of carboxylic acid groups (broad SMARTS) is 2. The van der Waals surface area contributed by atoms with E-state index < -0.39 is 24.3 Å². The number of rotatable bonds is 5. The van der Waals surface area contributed by atoms with E-state index in [9.17, 15) is 26.3 Å². The minimum absolute atomic E-state index is 0.318. The van der Waals surface area contributed by atoms with Crippen LogP contribution in [0.5, 0.6) is 11.5 Å². The van der Waals surface area contributed by atoms with E-state index in [1.54, 1.807) is 0 Å². The van der Waals surface area contributed by atoms with E-state index in [4.69, 9.17) is 34.0 Å². The maximum Gasteiger partial charge on any atom is 0.490 e. The highest BCUT2D eigenvalue weighted by molar-refractivity contribution is 5.73. The maximum absolute atomic E-state index is 10.6. The molecule has 0 amide bonds. The Morgan fingerprint density at radius 1 is 1.03 bits per heavy atom. The molecule has 16 heteroatoms. The molecular weight excluding hydrogens is 532 g/mol. The van der Waals surface area contributed by atoms with Crippen molar-refractivity contribution in [1.29, 1.82) is 0 Å². The summed E-state index contributed by atoms with van der Waals surface area (Å²) >= 11 is 0. The Morgan fingerprint density at radius 3 is 2.21 bits per heavy atom. The molecule has 1 unspecified atom stereocenters. The Kier molecular flexibility index (Phi) is 10.8. The van der Waals surface area contributed by atoms with Crippen molar-refractivity contribution in [3.63, 3.8) is 0 Å². The van der Waals surface area contributed by atoms with Gasteiger partial charge in [0.15, 0.2) is 11.5 Å². The number of nitrogens with zero attached hydrogens (tertiary/aromatic N) is 3. The van der Waals surface area contributed by atoms with Crippen LogP contribution in [0.2, 0.25) is 0 Å². The van der Waals surface area contributed by atoms with E-state index >= 15 is 0 Å². The van der Waals surface area contributed by atoms with Gasteiger partial charge in [0.25, 0.3) is 0 Å². The van der Waals surface area contributed by atoms with Crippen molar-refractivity contribution < 1.29 is 60.4 Å². The van der Waals surface area contributed by atoms with E-state index in [0.717, 1.165) is 50.9 Å². The van der Waals surface area contributed by atoms with Crippen LogP contribution in [-0.4, -0.2) is 75.7 Å². The fraction of sp³-hybridized carbons (Fsp3) is 0.500. The normalized spacial score (nSPS) is 16.8. The molecule has 0 radical (unpaired) electrons. The van der Waals surface area contributed by atoms with Gasteiger partial charge in [0.2, 0.25) is 6.79 Å². The Balaban J connectivity index is 0.000000301. The highest BCUT2D eigenvalue weighted by Crippen LogP contribution is 2.33. The molecule has 1 aromatic heterocycles. The third-order valence-corrected chi connectivity index (χ3v) is 5.02. The van der Waals surface area contributed by atoms with Crippen LogP contribution in [0, 0.1) is 5.92 Å². The van der Waals surface area contributed by atoms with Crippen LogP contribution in [-0.2, 0) is 34.0 Å². The van der Waals surface area contributed by atoms with Gasteiger partial charge in [-0.15, -0.1) is 0 Å². The Morgan fingerprint density at radius 2 is 1.63 bits per heavy atom. The van der Waals surface area contributed by atoms with E-state index in [1.165, 1.54) is 11.3 Å². The molecule has 2 N–H and O–H groups in total. The predicted molar refractivity (Wildman–Crippen MR) is 116 cm³/mol. The van der Waals surface area contributed by atoms with Crippen molar-refractivity contribution in [3.8, 4) is 11.5 Å². The summed E-state index contributed by atoms with van der Waals surface area (Å²) in [5.41, 5.74) is 2.50. The van der Waals surface area contributed by atoms with Crippen molar-refractivity contribution in [1.82, 2.24) is 14.7 Å². The van der Waals surface area contributed by atoms with Crippen molar-refractivity contribution in [3.05, 3.63) is 41.7 Å². The third kappa shape index (κ3) is 9.74. The van der Waals surface area contributed by atoms with E-state index in [1.807, 2.05) is 19.2 Å². The van der Waals surface area contributed by atoms with Gasteiger partial charge in [-0.25, -0.2) is 9.59 Å². The SMILES string of the molecule is CCOCC1CN(Cc2ccc3c(c2)OCO3)Cc2ccnn2C1.O=C(O)C(F)(F)F.O=C(O)C(F)(F)F. The number of hydrogen-bond acceptors (Lipinski definition) is 7. The van der Waals surface area contributed by atoms with E-state index in [-0.39, 0.29) is 0 Å². The fourth-order valence-electron chi connectivity index (χ4n) is 3.43. The summed E-state index contributed by atoms with van der Waals surface area (Å²) in [5, 5.41) is 18.7. The van der Waals surface area contributed by atoms with Crippen molar-refractivity contribution in [2.24, 2.45) is 5.92 Å². The molecule has 2 aliphatic heterocycles. The van der Waals surface area contributed by atoms with Gasteiger partial charge in [-0.3, -0.25) is 9.58 Å². The number of carbonyl (C=O) groups is 2. The molecular formula is C22H25F6N3O7. The average Bonchev–Trinajstić information content (AvgIpc) is 3.42. The summed E-state index contributed by atoms with van der Waals surface area (Å²) in [7, 11) is 0. The lowest BCUT2D eigenvalue weighted by Gasteiger charge is -2.24. The van der Waals surface area contributed by atoms with E-state index in [2.05, 4.69) is 32.9 Å². The second-order valence-electron chi connectivity index (χ2n) is 7.99. The third-order valence-electron chi connectivity index (χ3n) is 5.02. The quantitative estimate of drug-likeness (QED) is 0.532. The summed E-state index contributed by atoms with van der Waals surface area (Å²) in [5.74, 6) is -3.39. The molecule has 2 aliphatic rings. The minimum Gasteiger partial charge on any atom is -0.475 e. The second kappa shape index (κ2) is 13.3. The smallest absolute Gasteiger partial charge is 0.475 e. The molecule has 38 heavy (non-hydrogen) atoms. The average molecular weight is 557 g/mol. The monoisotopic (exact) mass is 557 g/mol. The summed E-state index contributed by atoms with van der Waals surface area (Å²) in [4.78, 5) is 20.3. The lowest BCUT2D eigenvalue weighted by Crippen LogP contribution is -2.30. The lowest BCUT2D eigenvalue weighted by atomic mass is 10.1. The number of alkyl halides is 6. The Bertz CT molecular complexity index is 1050. The number of aliphatic carboxylic acids is 2. The number of benzene rings is 1. The maximum atomic E-state index is 10.6. The molecule has 0 saturated carbocycles. The zero-order valence-corrected chi connectivity index (χ0v) is 20.0. The van der Waals surface area contributed by atoms with Gasteiger partial charge in [0, 0.05) is 44.9 Å². The molecule has 0 spiro atoms. The summed E-state index contributed by atoms with van der Waals surface area (Å²) < 4.78 is 82.2. The van der Waals surface area contributed by atoms with Crippen LogP contribution in [0.15, 0.2) is 30.5 Å². The summed E-state index contributed by atoms with van der Waals surface area (Å²) in [6, 6.07) is 8.31. The van der Waals surface area contributed by atoms with Gasteiger partial charge < -0.3 is 24.4 Å². The molecule has 212 valence electrons. The molecule has 1 aromatic carbocycles. The van der Waals surface area contributed by atoms with Gasteiger partial charge in [0.05, 0.1) is 12.3 Å². The van der Waals surface area contributed by atoms with Gasteiger partial charge >= 0.3 is 24.3 Å². The van der Waals surface area contributed by atoms with Gasteiger partial charge in [-0.2, -0.15) is 31.4 Å². The van der Waals surface area contributed by atoms with Crippen LogP contribution in [0.3, 0.4) is 0 Å². The molecule has 0 fully saturated rings. The summed E-state index contributed by atoms with van der Waals surface area (Å²) in [6.45, 7) is 7.58. The van der Waals surface area contributed by atoms with Crippen LogP contribution < -0.4 is 9.47 Å². The lowest BCUT2D eigenvalue weighted by molar-refractivity contribution is -0.193. The standard InChI is InChI=1S/C18H23N3O3.2C2HF3O2/c1-2-22-12-15-9-20(11-16-5-6-19-21(16)10-15)8-14-3-4-17-18(7-14)24-13-23-17;2*3-2(4,5)1(6)7/h3-7,15H,2,8-13H2,1H3;2*(H,6,7). The number of ether oxygens (including phenoxy) is 3. The number of carboxylic acids is 2. The number of halogens is 6. The van der Waals surface area contributed by atoms with Gasteiger partial charge in [-0.1, -0.05) is 6.07 Å². The van der Waals surface area contributed by atoms with Crippen molar-refractivity contribution in [2.75, 3.05) is 26.6 Å². The number of fused-ring (bicyclic) bond motifs is 2. The number of aromatic nitrogens is 2. The van der Waals surface area contributed by atoms with Crippen LogP contribution in [0.4, 0.5) is 26.3 Å². The largest absolute Gasteiger partial charge is 0.490 e. The molecule has 0 saturated heterocycles. The molecule has 0 aliphatic carbocycles. The van der Waals surface area contributed by atoms with Crippen molar-refractivity contribution >= 4 is 11.9 Å². The van der Waals surface area contributed by atoms with Crippen LogP contribution in [0.1, 0.15) is 18.2 Å². The highest BCUT2D eigenvalue weighted by Gasteiger charge is 2.38. The van der Waals surface area contributed by atoms with Crippen LogP contribution in [0.25, 0.3) is 0 Å². The second-order valence-corrected chi connectivity index (χ2v) is 7.99.